The molecule has 0 aromatic carbocycles. The summed E-state index contributed by atoms with van der Waals surface area (Å²) in [4.78, 5) is 18.0. The zero-order chi connectivity index (χ0) is 15.7. The van der Waals surface area contributed by atoms with Gasteiger partial charge in [-0.1, -0.05) is 13.8 Å². The first-order chi connectivity index (χ1) is 10.5. The van der Waals surface area contributed by atoms with Crippen LogP contribution in [0.15, 0.2) is 12.3 Å². The maximum Gasteiger partial charge on any atom is 0.495 e. The predicted octanol–water partition coefficient (Wildman–Crippen LogP) is 0.985. The third kappa shape index (κ3) is 2.96. The lowest BCUT2D eigenvalue weighted by molar-refractivity contribution is -0.117. The van der Waals surface area contributed by atoms with Crippen molar-refractivity contribution in [1.29, 1.82) is 0 Å². The molecule has 7 heteroatoms. The fourth-order valence-corrected chi connectivity index (χ4v) is 2.72. The van der Waals surface area contributed by atoms with Crippen LogP contribution in [0.25, 0.3) is 0 Å². The van der Waals surface area contributed by atoms with E-state index in [9.17, 15) is 4.79 Å². The zero-order valence-corrected chi connectivity index (χ0v) is 13.3. The Morgan fingerprint density at radius 2 is 2.09 bits per heavy atom. The molecular weight excluding hydrogens is 283 g/mol. The highest BCUT2D eigenvalue weighted by atomic mass is 16.6. The smallest absolute Gasteiger partial charge is 0.480 e. The topological polar surface area (TPSA) is 60.9 Å². The molecule has 2 aliphatic heterocycles. The normalized spacial score (nSPS) is 21.3. The van der Waals surface area contributed by atoms with E-state index in [1.807, 2.05) is 6.07 Å². The van der Waals surface area contributed by atoms with Gasteiger partial charge in [0.2, 0.25) is 11.8 Å². The first kappa shape index (κ1) is 15.3. The van der Waals surface area contributed by atoms with Crippen LogP contribution in [-0.2, 0) is 14.1 Å². The summed E-state index contributed by atoms with van der Waals surface area (Å²) >= 11 is 0. The molecule has 0 radical (unpaired) electrons. The molecule has 0 saturated carbocycles. The van der Waals surface area contributed by atoms with Crippen molar-refractivity contribution in [3.8, 4) is 5.88 Å². The van der Waals surface area contributed by atoms with Gasteiger partial charge in [0.1, 0.15) is 5.69 Å². The molecule has 22 heavy (non-hydrogen) atoms. The number of amides is 1. The second-order valence-corrected chi connectivity index (χ2v) is 6.56. The van der Waals surface area contributed by atoms with Gasteiger partial charge in [-0.15, -0.1) is 0 Å². The van der Waals surface area contributed by atoms with E-state index in [1.165, 1.54) is 0 Å². The summed E-state index contributed by atoms with van der Waals surface area (Å²) in [5.41, 5.74) is 1.52. The van der Waals surface area contributed by atoms with E-state index in [0.29, 0.717) is 37.7 Å². The number of hydrogen-bond acceptors (Lipinski definition) is 5. The van der Waals surface area contributed by atoms with Crippen molar-refractivity contribution in [3.05, 3.63) is 12.3 Å². The molecule has 1 aromatic rings. The molecule has 0 atom stereocenters. The maximum absolute atomic E-state index is 12.0. The van der Waals surface area contributed by atoms with Crippen LogP contribution in [0.3, 0.4) is 0 Å². The molecule has 3 heterocycles. The lowest BCUT2D eigenvalue weighted by atomic mass is 9.76. The summed E-state index contributed by atoms with van der Waals surface area (Å²) in [5, 5.41) is 0. The Labute approximate surface area is 130 Å². The lowest BCUT2D eigenvalue weighted by Crippen LogP contribution is -2.47. The number of carbonyl (C=O) groups excluding carboxylic acids is 1. The molecule has 6 nitrogen and oxygen atoms in total. The Kier molecular flexibility index (Phi) is 4.10. The average Bonchev–Trinajstić information content (AvgIpc) is 2.92. The van der Waals surface area contributed by atoms with Gasteiger partial charge >= 0.3 is 7.12 Å². The predicted molar refractivity (Wildman–Crippen MR) is 83.4 cm³/mol. The number of anilines is 1. The Hall–Kier alpha value is -1.60. The van der Waals surface area contributed by atoms with E-state index in [4.69, 9.17) is 14.0 Å². The van der Waals surface area contributed by atoms with Gasteiger partial charge in [-0.2, -0.15) is 0 Å². The number of pyridine rings is 1. The monoisotopic (exact) mass is 304 g/mol. The van der Waals surface area contributed by atoms with Crippen LogP contribution < -0.4 is 15.1 Å². The van der Waals surface area contributed by atoms with Crippen molar-refractivity contribution in [2.75, 3.05) is 31.8 Å². The molecule has 2 saturated heterocycles. The van der Waals surface area contributed by atoms with Gasteiger partial charge in [-0.25, -0.2) is 4.98 Å². The minimum absolute atomic E-state index is 0.0180. The largest absolute Gasteiger partial charge is 0.495 e. The summed E-state index contributed by atoms with van der Waals surface area (Å²) in [5.74, 6) is 0.555. The third-order valence-electron chi connectivity index (χ3n) is 3.93. The number of nitrogens with zero attached hydrogens (tertiary/aromatic N) is 2. The molecule has 2 aliphatic rings. The molecule has 118 valence electrons. The van der Waals surface area contributed by atoms with Gasteiger partial charge in [-0.3, -0.25) is 4.79 Å². The van der Waals surface area contributed by atoms with Crippen LogP contribution in [0.2, 0.25) is 0 Å². The minimum Gasteiger partial charge on any atom is -0.480 e. The van der Waals surface area contributed by atoms with E-state index < -0.39 is 7.12 Å². The minimum atomic E-state index is -0.442. The number of hydrogen-bond donors (Lipinski definition) is 0. The summed E-state index contributed by atoms with van der Waals surface area (Å²) in [6.45, 7) is 6.15. The van der Waals surface area contributed by atoms with E-state index in [1.54, 1.807) is 18.2 Å². The highest BCUT2D eigenvalue weighted by Crippen LogP contribution is 2.29. The van der Waals surface area contributed by atoms with Crippen molar-refractivity contribution >= 4 is 24.2 Å². The molecule has 1 amide bonds. The molecule has 0 spiro atoms. The summed E-state index contributed by atoms with van der Waals surface area (Å²) < 4.78 is 16.9. The fraction of sp³-hybridized carbons (Fsp3) is 0.600. The van der Waals surface area contributed by atoms with Crippen LogP contribution in [-0.4, -0.2) is 44.9 Å². The van der Waals surface area contributed by atoms with Gasteiger partial charge in [0.25, 0.3) is 0 Å². The maximum atomic E-state index is 12.0. The Bertz CT molecular complexity index is 569. The average molecular weight is 304 g/mol. The molecule has 1 aromatic heterocycles. The van der Waals surface area contributed by atoms with Gasteiger partial charge in [0.15, 0.2) is 0 Å². The molecule has 0 N–H and O–H groups in total. The first-order valence-electron chi connectivity index (χ1n) is 7.58. The Balaban J connectivity index is 1.86. The number of ether oxygens (including phenoxy) is 1. The van der Waals surface area contributed by atoms with Gasteiger partial charge in [0, 0.05) is 43.3 Å². The number of rotatable bonds is 3. The van der Waals surface area contributed by atoms with Crippen LogP contribution in [0.1, 0.15) is 26.7 Å². The van der Waals surface area contributed by atoms with E-state index in [-0.39, 0.29) is 11.3 Å². The van der Waals surface area contributed by atoms with Crippen LogP contribution in [0.4, 0.5) is 5.69 Å². The summed E-state index contributed by atoms with van der Waals surface area (Å²) in [6, 6.07) is 1.89. The molecule has 2 fully saturated rings. The van der Waals surface area contributed by atoms with E-state index >= 15 is 0 Å². The van der Waals surface area contributed by atoms with Crippen LogP contribution in [0, 0.1) is 5.41 Å². The van der Waals surface area contributed by atoms with Crippen molar-refractivity contribution in [1.82, 2.24) is 4.98 Å². The van der Waals surface area contributed by atoms with E-state index in [0.717, 1.165) is 11.9 Å². The number of carbonyl (C=O) groups is 1. The van der Waals surface area contributed by atoms with Crippen molar-refractivity contribution in [2.24, 2.45) is 5.41 Å². The summed E-state index contributed by atoms with van der Waals surface area (Å²) in [7, 11) is 1.12. The summed E-state index contributed by atoms with van der Waals surface area (Å²) in [6.07, 6.45) is 3.11. The van der Waals surface area contributed by atoms with Gasteiger partial charge in [-0.05, 0) is 12.5 Å². The molecule has 0 unspecified atom stereocenters. The third-order valence-corrected chi connectivity index (χ3v) is 3.93. The fourth-order valence-electron chi connectivity index (χ4n) is 2.72. The highest BCUT2D eigenvalue weighted by molar-refractivity contribution is 6.61. The lowest BCUT2D eigenvalue weighted by Gasteiger charge is -2.33. The number of methoxy groups -OCH3 is 1. The van der Waals surface area contributed by atoms with Crippen molar-refractivity contribution < 1.29 is 18.8 Å². The standard InChI is InChI=1S/C15H21BN2O4/c1-15(2)9-21-16(22-10-15)11-7-12(14(20-3)17-8-11)18-6-4-5-13(18)19/h7-8H,4-6,9-10H2,1-3H3. The van der Waals surface area contributed by atoms with Crippen molar-refractivity contribution in [3.63, 3.8) is 0 Å². The Morgan fingerprint density at radius 1 is 1.36 bits per heavy atom. The van der Waals surface area contributed by atoms with Crippen LogP contribution >= 0.6 is 0 Å². The van der Waals surface area contributed by atoms with E-state index in [2.05, 4.69) is 18.8 Å². The molecule has 0 bridgehead atoms. The SMILES string of the molecule is COc1ncc(B2OCC(C)(C)CO2)cc1N1CCCC1=O. The zero-order valence-electron chi connectivity index (χ0n) is 13.3. The first-order valence-corrected chi connectivity index (χ1v) is 7.58. The highest BCUT2D eigenvalue weighted by Gasteiger charge is 2.35. The second kappa shape index (κ2) is 5.89. The van der Waals surface area contributed by atoms with Gasteiger partial charge in [0.05, 0.1) is 7.11 Å². The Morgan fingerprint density at radius 3 is 2.68 bits per heavy atom. The van der Waals surface area contributed by atoms with Crippen molar-refractivity contribution in [2.45, 2.75) is 26.7 Å². The molecule has 3 rings (SSSR count). The van der Waals surface area contributed by atoms with Crippen LogP contribution in [0.5, 0.6) is 5.88 Å². The number of aromatic nitrogens is 1. The second-order valence-electron chi connectivity index (χ2n) is 6.56. The molecule has 0 aliphatic carbocycles. The molecular formula is C15H21BN2O4. The van der Waals surface area contributed by atoms with Gasteiger partial charge < -0.3 is 18.9 Å². The quantitative estimate of drug-likeness (QED) is 0.779.